The minimum absolute atomic E-state index is 0.154. The number of hydrogen-bond acceptors (Lipinski definition) is 5. The largest absolute Gasteiger partial charge is 0.341 e. The van der Waals surface area contributed by atoms with Crippen LogP contribution in [0.4, 0.5) is 4.39 Å². The lowest BCUT2D eigenvalue weighted by Crippen LogP contribution is -2.24. The fourth-order valence-electron chi connectivity index (χ4n) is 3.29. The molecule has 7 heteroatoms. The highest BCUT2D eigenvalue weighted by Gasteiger charge is 2.30. The van der Waals surface area contributed by atoms with Crippen molar-refractivity contribution >= 4 is 11.0 Å². The van der Waals surface area contributed by atoms with Gasteiger partial charge in [0.15, 0.2) is 5.82 Å². The van der Waals surface area contributed by atoms with Crippen molar-refractivity contribution in [3.63, 3.8) is 0 Å². The average Bonchev–Trinajstić information content (AvgIpc) is 3.24. The molecule has 0 aliphatic carbocycles. The molecule has 0 spiro atoms. The van der Waals surface area contributed by atoms with Crippen molar-refractivity contribution in [3.8, 4) is 0 Å². The molecule has 0 unspecified atom stereocenters. The lowest BCUT2D eigenvalue weighted by molar-refractivity contribution is 0.230. The van der Waals surface area contributed by atoms with E-state index in [2.05, 4.69) is 45.8 Å². The fraction of sp³-hybridized carbons (Fsp3) is 0.500. The van der Waals surface area contributed by atoms with Crippen molar-refractivity contribution in [2.75, 3.05) is 6.54 Å². The van der Waals surface area contributed by atoms with Crippen LogP contribution in [-0.2, 0) is 12.0 Å². The summed E-state index contributed by atoms with van der Waals surface area (Å²) in [6, 6.07) is 4.79. The lowest BCUT2D eigenvalue weighted by Gasteiger charge is -2.20. The van der Waals surface area contributed by atoms with Gasteiger partial charge in [0.25, 0.3) is 0 Å². The second-order valence-corrected chi connectivity index (χ2v) is 7.68. The van der Waals surface area contributed by atoms with Crippen LogP contribution in [0, 0.1) is 5.82 Å². The molecule has 1 aromatic carbocycles. The van der Waals surface area contributed by atoms with Crippen LogP contribution in [0.3, 0.4) is 0 Å². The van der Waals surface area contributed by atoms with Crippen LogP contribution in [0.5, 0.6) is 0 Å². The Kier molecular flexibility index (Phi) is 3.83. The van der Waals surface area contributed by atoms with E-state index in [0.29, 0.717) is 18.3 Å². The maximum atomic E-state index is 13.4. The van der Waals surface area contributed by atoms with E-state index in [1.807, 2.05) is 0 Å². The average molecular weight is 343 g/mol. The van der Waals surface area contributed by atoms with Gasteiger partial charge in [-0.15, -0.1) is 0 Å². The molecule has 1 saturated heterocycles. The summed E-state index contributed by atoms with van der Waals surface area (Å²) in [5.41, 5.74) is 1.37. The Labute approximate surface area is 145 Å². The van der Waals surface area contributed by atoms with E-state index >= 15 is 0 Å². The summed E-state index contributed by atoms with van der Waals surface area (Å²) in [7, 11) is 0. The maximum absolute atomic E-state index is 13.4. The van der Waals surface area contributed by atoms with E-state index in [4.69, 9.17) is 4.52 Å². The molecule has 1 aliphatic heterocycles. The predicted molar refractivity (Wildman–Crippen MR) is 91.4 cm³/mol. The number of halogens is 1. The highest BCUT2D eigenvalue weighted by molar-refractivity contribution is 5.75. The number of nitrogens with one attached hydrogen (secondary N) is 1. The zero-order valence-electron chi connectivity index (χ0n) is 14.7. The van der Waals surface area contributed by atoms with Gasteiger partial charge in [-0.3, -0.25) is 4.90 Å². The van der Waals surface area contributed by atoms with E-state index < -0.39 is 0 Å². The number of fused-ring (bicyclic) bond motifs is 1. The number of benzene rings is 1. The van der Waals surface area contributed by atoms with Crippen molar-refractivity contribution in [1.29, 1.82) is 0 Å². The zero-order chi connectivity index (χ0) is 17.6. The molecule has 6 nitrogen and oxygen atoms in total. The summed E-state index contributed by atoms with van der Waals surface area (Å²) in [6.07, 6.45) is 2.09. The van der Waals surface area contributed by atoms with Gasteiger partial charge in [-0.05, 0) is 37.6 Å². The van der Waals surface area contributed by atoms with Crippen molar-refractivity contribution < 1.29 is 8.91 Å². The molecule has 4 rings (SSSR count). The first-order valence-corrected chi connectivity index (χ1v) is 8.62. The molecule has 1 N–H and O–H groups in total. The van der Waals surface area contributed by atoms with Gasteiger partial charge in [-0.2, -0.15) is 4.98 Å². The minimum Gasteiger partial charge on any atom is -0.341 e. The second kappa shape index (κ2) is 5.91. The summed E-state index contributed by atoms with van der Waals surface area (Å²) in [5.74, 6) is 1.96. The molecule has 0 amide bonds. The quantitative estimate of drug-likeness (QED) is 0.785. The minimum atomic E-state index is -0.257. The third-order valence-corrected chi connectivity index (χ3v) is 4.60. The Morgan fingerprint density at radius 1 is 1.32 bits per heavy atom. The summed E-state index contributed by atoms with van der Waals surface area (Å²) in [4.78, 5) is 14.7. The van der Waals surface area contributed by atoms with Crippen LogP contribution in [0.25, 0.3) is 11.0 Å². The zero-order valence-corrected chi connectivity index (χ0v) is 14.7. The third-order valence-electron chi connectivity index (χ3n) is 4.60. The van der Waals surface area contributed by atoms with Gasteiger partial charge in [-0.25, -0.2) is 9.37 Å². The van der Waals surface area contributed by atoms with E-state index in [1.54, 1.807) is 6.07 Å². The number of aromatic nitrogens is 4. The number of nitrogens with zero attached hydrogens (tertiary/aromatic N) is 4. The highest BCUT2D eigenvalue weighted by Crippen LogP contribution is 2.32. The van der Waals surface area contributed by atoms with Crippen LogP contribution in [-0.4, -0.2) is 31.6 Å². The molecular weight excluding hydrogens is 321 g/mol. The molecule has 25 heavy (non-hydrogen) atoms. The van der Waals surface area contributed by atoms with E-state index in [9.17, 15) is 4.39 Å². The van der Waals surface area contributed by atoms with Gasteiger partial charge in [0.05, 0.1) is 23.6 Å². The molecule has 1 fully saturated rings. The molecule has 2 aromatic heterocycles. The first-order valence-electron chi connectivity index (χ1n) is 8.62. The number of rotatable bonds is 3. The Balaban J connectivity index is 1.56. The maximum Gasteiger partial charge on any atom is 0.232 e. The van der Waals surface area contributed by atoms with Gasteiger partial charge in [0, 0.05) is 5.41 Å². The van der Waals surface area contributed by atoms with Gasteiger partial charge in [0.1, 0.15) is 11.6 Å². The highest BCUT2D eigenvalue weighted by atomic mass is 19.1. The van der Waals surface area contributed by atoms with Crippen molar-refractivity contribution in [2.24, 2.45) is 0 Å². The van der Waals surface area contributed by atoms with Crippen LogP contribution >= 0.6 is 0 Å². The summed E-state index contributed by atoms with van der Waals surface area (Å²) in [5, 5.41) is 4.12. The fourth-order valence-corrected chi connectivity index (χ4v) is 3.29. The Morgan fingerprint density at radius 3 is 2.92 bits per heavy atom. The monoisotopic (exact) mass is 343 g/mol. The van der Waals surface area contributed by atoms with Crippen molar-refractivity contribution in [2.45, 2.75) is 51.6 Å². The molecule has 3 aromatic rings. The molecule has 1 atom stereocenters. The lowest BCUT2D eigenvalue weighted by atomic mass is 9.97. The molecule has 1 aliphatic rings. The van der Waals surface area contributed by atoms with Crippen LogP contribution in [0.15, 0.2) is 22.7 Å². The van der Waals surface area contributed by atoms with Gasteiger partial charge in [0.2, 0.25) is 5.89 Å². The van der Waals surface area contributed by atoms with Gasteiger partial charge in [-0.1, -0.05) is 25.9 Å². The second-order valence-electron chi connectivity index (χ2n) is 7.68. The van der Waals surface area contributed by atoms with E-state index in [-0.39, 0.29) is 17.3 Å². The number of hydrogen-bond donors (Lipinski definition) is 1. The SMILES string of the molecule is CC(C)(C)c1nc(CN2CCC[C@@H]2c2nc3ccc(F)cc3[nH]2)no1. The van der Waals surface area contributed by atoms with Crippen LogP contribution < -0.4 is 0 Å². The van der Waals surface area contributed by atoms with Gasteiger partial charge < -0.3 is 9.51 Å². The number of aromatic amines is 1. The van der Waals surface area contributed by atoms with E-state index in [1.165, 1.54) is 12.1 Å². The normalized spacial score (nSPS) is 19.1. The molecule has 3 heterocycles. The summed E-state index contributed by atoms with van der Waals surface area (Å²) in [6.45, 7) is 7.73. The van der Waals surface area contributed by atoms with Crippen LogP contribution in [0.2, 0.25) is 0 Å². The first kappa shape index (κ1) is 16.2. The molecular formula is C18H22FN5O. The summed E-state index contributed by atoms with van der Waals surface area (Å²) < 4.78 is 18.8. The third kappa shape index (κ3) is 3.16. The molecule has 0 radical (unpaired) electrons. The predicted octanol–water partition coefficient (Wildman–Crippen LogP) is 3.72. The molecule has 0 bridgehead atoms. The first-order chi connectivity index (χ1) is 11.9. The Bertz CT molecular complexity index is 894. The number of likely N-dealkylation sites (tertiary alicyclic amines) is 1. The summed E-state index contributed by atoms with van der Waals surface area (Å²) >= 11 is 0. The smallest absolute Gasteiger partial charge is 0.232 e. The Morgan fingerprint density at radius 2 is 2.16 bits per heavy atom. The van der Waals surface area contributed by atoms with Crippen molar-refractivity contribution in [3.05, 3.63) is 41.6 Å². The van der Waals surface area contributed by atoms with Crippen LogP contribution in [0.1, 0.15) is 57.2 Å². The standard InChI is InChI=1S/C18H22FN5O/c1-18(2,3)17-22-15(23-25-17)10-24-8-4-5-14(24)16-20-12-7-6-11(19)9-13(12)21-16/h6-7,9,14H,4-5,8,10H2,1-3H3,(H,20,21)/t14-/m1/s1. The number of H-pyrrole nitrogens is 1. The van der Waals surface area contributed by atoms with Gasteiger partial charge >= 0.3 is 0 Å². The van der Waals surface area contributed by atoms with Crippen molar-refractivity contribution in [1.82, 2.24) is 25.0 Å². The van der Waals surface area contributed by atoms with E-state index in [0.717, 1.165) is 36.2 Å². The molecule has 0 saturated carbocycles. The Hall–Kier alpha value is -2.28. The number of imidazole rings is 1. The topological polar surface area (TPSA) is 70.8 Å². The molecule has 132 valence electrons.